The highest BCUT2D eigenvalue weighted by atomic mass is 79.9. The van der Waals surface area contributed by atoms with E-state index in [1.54, 1.807) is 31.2 Å². The molecule has 2 aromatic carbocycles. The van der Waals surface area contributed by atoms with Crippen molar-refractivity contribution in [2.75, 3.05) is 6.61 Å². The summed E-state index contributed by atoms with van der Waals surface area (Å²) in [4.78, 5) is 36.3. The Kier molecular flexibility index (Phi) is 5.83. The molecule has 3 amide bonds. The van der Waals surface area contributed by atoms with Crippen molar-refractivity contribution in [2.24, 2.45) is 0 Å². The SMILES string of the molecule is CCOc1cc(C=C2NC(=O)N(Cc3ccc(Br)cc3)C2=O)cc([N+](=O)[O-])c1O. The molecule has 2 N–H and O–H groups in total. The van der Waals surface area contributed by atoms with E-state index < -0.39 is 28.3 Å². The molecule has 0 aliphatic carbocycles. The third kappa shape index (κ3) is 4.37. The lowest BCUT2D eigenvalue weighted by molar-refractivity contribution is -0.386. The van der Waals surface area contributed by atoms with E-state index in [4.69, 9.17) is 4.74 Å². The van der Waals surface area contributed by atoms with Gasteiger partial charge in [-0.25, -0.2) is 4.79 Å². The van der Waals surface area contributed by atoms with E-state index in [1.807, 2.05) is 0 Å². The van der Waals surface area contributed by atoms with Crippen LogP contribution >= 0.6 is 15.9 Å². The predicted molar refractivity (Wildman–Crippen MR) is 107 cm³/mol. The number of halogens is 1. The Bertz CT molecular complexity index is 1020. The minimum Gasteiger partial charge on any atom is -0.500 e. The molecule has 1 aliphatic heterocycles. The summed E-state index contributed by atoms with van der Waals surface area (Å²) in [6.45, 7) is 1.92. The Hall–Kier alpha value is -3.40. The van der Waals surface area contributed by atoms with E-state index in [1.165, 1.54) is 12.1 Å². The van der Waals surface area contributed by atoms with Crippen molar-refractivity contribution in [1.82, 2.24) is 10.2 Å². The number of hydrogen-bond acceptors (Lipinski definition) is 6. The molecular formula is C19H16BrN3O6. The molecule has 0 bridgehead atoms. The number of nitrogens with zero attached hydrogens (tertiary/aromatic N) is 2. The number of nitrogens with one attached hydrogen (secondary N) is 1. The van der Waals surface area contributed by atoms with Crippen LogP contribution in [0.2, 0.25) is 0 Å². The summed E-state index contributed by atoms with van der Waals surface area (Å²) in [6, 6.07) is 9.03. The zero-order chi connectivity index (χ0) is 21.1. The molecule has 1 aliphatic rings. The van der Waals surface area contributed by atoms with Crippen LogP contribution < -0.4 is 10.1 Å². The van der Waals surface area contributed by atoms with Crippen LogP contribution in [0, 0.1) is 10.1 Å². The summed E-state index contributed by atoms with van der Waals surface area (Å²) in [5.74, 6) is -1.25. The molecule has 29 heavy (non-hydrogen) atoms. The number of phenolic OH excluding ortho intramolecular Hbond substituents is 1. The van der Waals surface area contributed by atoms with Crippen molar-refractivity contribution in [3.8, 4) is 11.5 Å². The van der Waals surface area contributed by atoms with Crippen LogP contribution in [-0.4, -0.2) is 33.5 Å². The first-order valence-electron chi connectivity index (χ1n) is 8.53. The number of rotatable bonds is 6. The van der Waals surface area contributed by atoms with Gasteiger partial charge in [-0.3, -0.25) is 19.8 Å². The van der Waals surface area contributed by atoms with Crippen LogP contribution in [0.25, 0.3) is 6.08 Å². The Morgan fingerprint density at radius 2 is 1.97 bits per heavy atom. The smallest absolute Gasteiger partial charge is 0.329 e. The van der Waals surface area contributed by atoms with Gasteiger partial charge in [0, 0.05) is 10.5 Å². The number of urea groups is 1. The van der Waals surface area contributed by atoms with E-state index in [-0.39, 0.29) is 30.2 Å². The zero-order valence-electron chi connectivity index (χ0n) is 15.2. The molecule has 0 aromatic heterocycles. The first-order chi connectivity index (χ1) is 13.8. The maximum absolute atomic E-state index is 12.6. The molecule has 1 heterocycles. The highest BCUT2D eigenvalue weighted by Gasteiger charge is 2.33. The molecular weight excluding hydrogens is 446 g/mol. The van der Waals surface area contributed by atoms with Crippen molar-refractivity contribution >= 4 is 39.6 Å². The molecule has 0 radical (unpaired) electrons. The number of carbonyl (C=O) groups excluding carboxylic acids is 2. The number of amides is 3. The van der Waals surface area contributed by atoms with Crippen LogP contribution in [0.5, 0.6) is 11.5 Å². The van der Waals surface area contributed by atoms with Crippen LogP contribution in [0.15, 0.2) is 46.6 Å². The number of aromatic hydroxyl groups is 1. The fraction of sp³-hybridized carbons (Fsp3) is 0.158. The minimum absolute atomic E-state index is 0.0328. The van der Waals surface area contributed by atoms with Crippen molar-refractivity contribution in [1.29, 1.82) is 0 Å². The van der Waals surface area contributed by atoms with Gasteiger partial charge in [-0.15, -0.1) is 0 Å². The van der Waals surface area contributed by atoms with E-state index in [0.717, 1.165) is 21.0 Å². The Morgan fingerprint density at radius 1 is 1.28 bits per heavy atom. The average Bonchev–Trinajstić information content (AvgIpc) is 2.93. The number of carbonyl (C=O) groups is 2. The number of nitro groups is 1. The number of hydrogen-bond donors (Lipinski definition) is 2. The number of phenols is 1. The number of nitro benzene ring substituents is 1. The maximum atomic E-state index is 12.6. The molecule has 10 heteroatoms. The monoisotopic (exact) mass is 461 g/mol. The van der Waals surface area contributed by atoms with Crippen LogP contribution in [0.3, 0.4) is 0 Å². The summed E-state index contributed by atoms with van der Waals surface area (Å²) in [5, 5.41) is 23.6. The Morgan fingerprint density at radius 3 is 2.59 bits per heavy atom. The van der Waals surface area contributed by atoms with Crippen LogP contribution in [0.4, 0.5) is 10.5 Å². The lowest BCUT2D eigenvalue weighted by atomic mass is 10.1. The largest absolute Gasteiger partial charge is 0.500 e. The fourth-order valence-corrected chi connectivity index (χ4v) is 3.02. The topological polar surface area (TPSA) is 122 Å². The first-order valence-corrected chi connectivity index (χ1v) is 9.32. The quantitative estimate of drug-likeness (QED) is 0.293. The van der Waals surface area contributed by atoms with Gasteiger partial charge in [0.15, 0.2) is 5.75 Å². The number of ether oxygens (including phenoxy) is 1. The van der Waals surface area contributed by atoms with Gasteiger partial charge in [-0.05, 0) is 42.3 Å². The van der Waals surface area contributed by atoms with E-state index in [9.17, 15) is 24.8 Å². The molecule has 0 spiro atoms. The zero-order valence-corrected chi connectivity index (χ0v) is 16.8. The standard InChI is InChI=1S/C19H16BrN3O6/c1-2-29-16-9-12(8-15(17(16)24)23(27)28)7-14-18(25)22(19(26)21-14)10-11-3-5-13(20)6-4-11/h3-9,24H,2,10H2,1H3,(H,21,26). The van der Waals surface area contributed by atoms with Gasteiger partial charge in [0.1, 0.15) is 5.70 Å². The van der Waals surface area contributed by atoms with Gasteiger partial charge in [0.2, 0.25) is 5.75 Å². The second-order valence-electron chi connectivity index (χ2n) is 6.08. The lowest BCUT2D eigenvalue weighted by Gasteiger charge is -2.11. The normalized spacial score (nSPS) is 15.0. The van der Waals surface area contributed by atoms with Gasteiger partial charge < -0.3 is 15.2 Å². The lowest BCUT2D eigenvalue weighted by Crippen LogP contribution is -2.30. The summed E-state index contributed by atoms with van der Waals surface area (Å²) >= 11 is 3.32. The van der Waals surface area contributed by atoms with Gasteiger partial charge in [0.25, 0.3) is 5.91 Å². The van der Waals surface area contributed by atoms with Crippen LogP contribution in [-0.2, 0) is 11.3 Å². The predicted octanol–water partition coefficient (Wildman–Crippen LogP) is 3.55. The molecule has 0 saturated carbocycles. The Balaban J connectivity index is 1.90. The molecule has 0 unspecified atom stereocenters. The van der Waals surface area contributed by atoms with Crippen molar-refractivity contribution < 1.29 is 24.4 Å². The number of imide groups is 1. The number of benzene rings is 2. The van der Waals surface area contributed by atoms with Crippen LogP contribution in [0.1, 0.15) is 18.1 Å². The van der Waals surface area contributed by atoms with E-state index >= 15 is 0 Å². The van der Waals surface area contributed by atoms with E-state index in [2.05, 4.69) is 21.2 Å². The summed E-state index contributed by atoms with van der Waals surface area (Å²) in [7, 11) is 0. The summed E-state index contributed by atoms with van der Waals surface area (Å²) in [6.07, 6.45) is 1.30. The van der Waals surface area contributed by atoms with Crippen molar-refractivity contribution in [3.63, 3.8) is 0 Å². The second kappa shape index (κ2) is 8.31. The van der Waals surface area contributed by atoms with Gasteiger partial charge in [-0.2, -0.15) is 0 Å². The van der Waals surface area contributed by atoms with E-state index in [0.29, 0.717) is 0 Å². The maximum Gasteiger partial charge on any atom is 0.329 e. The molecule has 2 aromatic rings. The molecule has 3 rings (SSSR count). The van der Waals surface area contributed by atoms with Gasteiger partial charge in [0.05, 0.1) is 18.1 Å². The third-order valence-electron chi connectivity index (χ3n) is 4.10. The van der Waals surface area contributed by atoms with Crippen molar-refractivity contribution in [3.05, 3.63) is 67.8 Å². The van der Waals surface area contributed by atoms with Crippen molar-refractivity contribution in [2.45, 2.75) is 13.5 Å². The summed E-state index contributed by atoms with van der Waals surface area (Å²) in [5.41, 5.74) is 0.393. The second-order valence-corrected chi connectivity index (χ2v) is 7.00. The molecule has 1 saturated heterocycles. The summed E-state index contributed by atoms with van der Waals surface area (Å²) < 4.78 is 6.09. The Labute approximate surface area is 173 Å². The molecule has 9 nitrogen and oxygen atoms in total. The fourth-order valence-electron chi connectivity index (χ4n) is 2.76. The average molecular weight is 462 g/mol. The minimum atomic E-state index is -0.755. The molecule has 0 atom stereocenters. The third-order valence-corrected chi connectivity index (χ3v) is 4.63. The molecule has 1 fully saturated rings. The highest BCUT2D eigenvalue weighted by molar-refractivity contribution is 9.10. The highest BCUT2D eigenvalue weighted by Crippen LogP contribution is 2.37. The van der Waals surface area contributed by atoms with Gasteiger partial charge >= 0.3 is 11.7 Å². The first kappa shape index (κ1) is 20.3. The van der Waals surface area contributed by atoms with Gasteiger partial charge in [-0.1, -0.05) is 28.1 Å². The molecule has 150 valence electrons.